The minimum Gasteiger partial charge on any atom is -0.467 e. The van der Waals surface area contributed by atoms with E-state index < -0.39 is 18.1 Å². The first-order chi connectivity index (χ1) is 7.15. The van der Waals surface area contributed by atoms with Crippen LogP contribution in [0.5, 0.6) is 0 Å². The minimum absolute atomic E-state index is 0.447. The Morgan fingerprint density at radius 2 is 2.00 bits per heavy atom. The molecule has 0 rings (SSSR count). The van der Waals surface area contributed by atoms with Crippen LogP contribution in [0.15, 0.2) is 0 Å². The lowest BCUT2D eigenvalue weighted by Crippen LogP contribution is -2.41. The molecule has 88 valence electrons. The van der Waals surface area contributed by atoms with Crippen molar-refractivity contribution < 1.29 is 19.1 Å². The van der Waals surface area contributed by atoms with Crippen LogP contribution in [0, 0.1) is 0 Å². The number of rotatable bonds is 6. The number of esters is 1. The Bertz CT molecular complexity index is 210. The first kappa shape index (κ1) is 14.1. The number of carbonyl (C=O) groups excluding carboxylic acids is 2. The van der Waals surface area contributed by atoms with Crippen LogP contribution in [0.1, 0.15) is 13.3 Å². The molecule has 0 fully saturated rings. The summed E-state index contributed by atoms with van der Waals surface area (Å²) in [5, 5.41) is 2.43. The summed E-state index contributed by atoms with van der Waals surface area (Å²) in [6.45, 7) is 2.03. The molecular formula is C9H17NO4S. The molecule has 15 heavy (non-hydrogen) atoms. The van der Waals surface area contributed by atoms with E-state index in [1.807, 2.05) is 6.92 Å². The molecular weight excluding hydrogens is 218 g/mol. The van der Waals surface area contributed by atoms with E-state index in [4.69, 9.17) is 0 Å². The minimum atomic E-state index is -0.624. The molecule has 0 spiro atoms. The van der Waals surface area contributed by atoms with Crippen LogP contribution in [0.25, 0.3) is 0 Å². The average Bonchev–Trinajstić information content (AvgIpc) is 2.26. The van der Waals surface area contributed by atoms with Crippen LogP contribution in [-0.2, 0) is 14.3 Å². The number of nitrogens with one attached hydrogen (secondary N) is 1. The lowest BCUT2D eigenvalue weighted by Gasteiger charge is -2.14. The zero-order valence-corrected chi connectivity index (χ0v) is 10.1. The van der Waals surface area contributed by atoms with Crippen molar-refractivity contribution in [2.75, 3.05) is 25.7 Å². The fourth-order valence-corrected chi connectivity index (χ4v) is 1.63. The number of ether oxygens (including phenoxy) is 2. The van der Waals surface area contributed by atoms with Gasteiger partial charge in [-0.2, -0.15) is 11.8 Å². The van der Waals surface area contributed by atoms with E-state index in [-0.39, 0.29) is 0 Å². The Morgan fingerprint density at radius 1 is 1.33 bits per heavy atom. The second-order valence-corrected chi connectivity index (χ2v) is 4.09. The summed E-state index contributed by atoms with van der Waals surface area (Å²) in [5.41, 5.74) is 0. The van der Waals surface area contributed by atoms with Crippen molar-refractivity contribution in [3.8, 4) is 0 Å². The van der Waals surface area contributed by atoms with E-state index >= 15 is 0 Å². The maximum Gasteiger partial charge on any atom is 0.407 e. The SMILES string of the molecule is CCSCC[C@H](NC(=O)OC)C(=O)OC. The molecule has 0 aliphatic rings. The molecule has 1 atom stereocenters. The molecule has 0 saturated heterocycles. The van der Waals surface area contributed by atoms with Gasteiger partial charge in [-0.05, 0) is 17.9 Å². The van der Waals surface area contributed by atoms with Crippen molar-refractivity contribution in [1.82, 2.24) is 5.32 Å². The maximum atomic E-state index is 11.3. The van der Waals surface area contributed by atoms with Crippen molar-refractivity contribution in [1.29, 1.82) is 0 Å². The average molecular weight is 235 g/mol. The molecule has 0 unspecified atom stereocenters. The zero-order valence-electron chi connectivity index (χ0n) is 9.24. The fraction of sp³-hybridized carbons (Fsp3) is 0.778. The highest BCUT2D eigenvalue weighted by Crippen LogP contribution is 2.05. The van der Waals surface area contributed by atoms with Gasteiger partial charge in [-0.25, -0.2) is 9.59 Å². The van der Waals surface area contributed by atoms with E-state index in [2.05, 4.69) is 14.8 Å². The first-order valence-electron chi connectivity index (χ1n) is 4.65. The van der Waals surface area contributed by atoms with Crippen molar-refractivity contribution in [2.24, 2.45) is 0 Å². The predicted molar refractivity (Wildman–Crippen MR) is 59.0 cm³/mol. The number of hydrogen-bond acceptors (Lipinski definition) is 5. The number of carbonyl (C=O) groups is 2. The van der Waals surface area contributed by atoms with Gasteiger partial charge in [0.1, 0.15) is 6.04 Å². The van der Waals surface area contributed by atoms with E-state index in [1.54, 1.807) is 11.8 Å². The summed E-state index contributed by atoms with van der Waals surface area (Å²) in [5.74, 6) is 1.32. The number of thioether (sulfide) groups is 1. The summed E-state index contributed by atoms with van der Waals surface area (Å²) < 4.78 is 8.99. The second-order valence-electron chi connectivity index (χ2n) is 2.70. The van der Waals surface area contributed by atoms with Crippen LogP contribution in [0.4, 0.5) is 4.79 Å². The lowest BCUT2D eigenvalue weighted by atomic mass is 10.2. The molecule has 0 bridgehead atoms. The van der Waals surface area contributed by atoms with Gasteiger partial charge in [0.25, 0.3) is 0 Å². The summed E-state index contributed by atoms with van der Waals surface area (Å²) in [4.78, 5) is 22.2. The molecule has 0 aliphatic carbocycles. The Balaban J connectivity index is 4.06. The van der Waals surface area contributed by atoms with E-state index in [0.29, 0.717) is 6.42 Å². The van der Waals surface area contributed by atoms with Crippen LogP contribution in [0.2, 0.25) is 0 Å². The first-order valence-corrected chi connectivity index (χ1v) is 5.81. The summed E-state index contributed by atoms with van der Waals surface area (Å²) >= 11 is 1.70. The lowest BCUT2D eigenvalue weighted by molar-refractivity contribution is -0.143. The predicted octanol–water partition coefficient (Wildman–Crippen LogP) is 1.03. The number of amides is 1. The Morgan fingerprint density at radius 3 is 2.47 bits per heavy atom. The van der Waals surface area contributed by atoms with E-state index in [0.717, 1.165) is 11.5 Å². The smallest absolute Gasteiger partial charge is 0.407 e. The quantitative estimate of drug-likeness (QED) is 0.550. The Kier molecular flexibility index (Phi) is 7.89. The molecule has 0 saturated carbocycles. The van der Waals surface area contributed by atoms with Crippen molar-refractivity contribution in [2.45, 2.75) is 19.4 Å². The molecule has 1 N–H and O–H groups in total. The third-order valence-electron chi connectivity index (χ3n) is 1.72. The molecule has 0 aromatic rings. The summed E-state index contributed by atoms with van der Waals surface area (Å²) in [6, 6.07) is -0.624. The molecule has 5 nitrogen and oxygen atoms in total. The third-order valence-corrected chi connectivity index (χ3v) is 2.65. The molecule has 0 aromatic carbocycles. The summed E-state index contributed by atoms with van der Waals surface area (Å²) in [7, 11) is 2.55. The fourth-order valence-electron chi connectivity index (χ4n) is 0.938. The van der Waals surface area contributed by atoms with Gasteiger partial charge in [-0.3, -0.25) is 0 Å². The molecule has 1 amide bonds. The van der Waals surface area contributed by atoms with Gasteiger partial charge in [0.05, 0.1) is 14.2 Å². The van der Waals surface area contributed by atoms with Crippen LogP contribution < -0.4 is 5.32 Å². The highest BCUT2D eigenvalue weighted by Gasteiger charge is 2.21. The normalized spacial score (nSPS) is 11.7. The van der Waals surface area contributed by atoms with Gasteiger partial charge < -0.3 is 14.8 Å². The van der Waals surface area contributed by atoms with E-state index in [1.165, 1.54) is 14.2 Å². The van der Waals surface area contributed by atoms with Crippen molar-refractivity contribution in [3.63, 3.8) is 0 Å². The molecule has 0 heterocycles. The number of alkyl carbamates (subject to hydrolysis) is 1. The third kappa shape index (κ3) is 6.22. The molecule has 0 aliphatic heterocycles. The molecule has 6 heteroatoms. The van der Waals surface area contributed by atoms with Crippen LogP contribution in [-0.4, -0.2) is 43.8 Å². The zero-order chi connectivity index (χ0) is 11.7. The van der Waals surface area contributed by atoms with Crippen molar-refractivity contribution in [3.05, 3.63) is 0 Å². The standard InChI is InChI=1S/C9H17NO4S/c1-4-15-6-5-7(8(11)13-2)10-9(12)14-3/h7H,4-6H2,1-3H3,(H,10,12)/t7-/m0/s1. The molecule has 0 radical (unpaired) electrons. The van der Waals surface area contributed by atoms with Crippen LogP contribution in [0.3, 0.4) is 0 Å². The maximum absolute atomic E-state index is 11.3. The largest absolute Gasteiger partial charge is 0.467 e. The van der Waals surface area contributed by atoms with Gasteiger partial charge in [0.2, 0.25) is 0 Å². The van der Waals surface area contributed by atoms with Crippen LogP contribution >= 0.6 is 11.8 Å². The highest BCUT2D eigenvalue weighted by molar-refractivity contribution is 7.99. The van der Waals surface area contributed by atoms with Gasteiger partial charge in [0.15, 0.2) is 0 Å². The Hall–Kier alpha value is -0.910. The number of methoxy groups -OCH3 is 2. The molecule has 0 aromatic heterocycles. The van der Waals surface area contributed by atoms with Crippen molar-refractivity contribution >= 4 is 23.8 Å². The van der Waals surface area contributed by atoms with Gasteiger partial charge in [-0.1, -0.05) is 6.92 Å². The van der Waals surface area contributed by atoms with Gasteiger partial charge in [-0.15, -0.1) is 0 Å². The topological polar surface area (TPSA) is 64.6 Å². The van der Waals surface area contributed by atoms with Gasteiger partial charge in [0, 0.05) is 0 Å². The van der Waals surface area contributed by atoms with E-state index in [9.17, 15) is 9.59 Å². The number of hydrogen-bond donors (Lipinski definition) is 1. The highest BCUT2D eigenvalue weighted by atomic mass is 32.2. The van der Waals surface area contributed by atoms with Gasteiger partial charge >= 0.3 is 12.1 Å². The summed E-state index contributed by atoms with van der Waals surface area (Å²) in [6.07, 6.45) is -0.0767. The monoisotopic (exact) mass is 235 g/mol. The second kappa shape index (κ2) is 8.40. The Labute approximate surface area is 93.9 Å².